The van der Waals surface area contributed by atoms with Crippen molar-refractivity contribution in [2.24, 2.45) is 5.92 Å². The average Bonchev–Trinajstić information content (AvgIpc) is 3.80. The summed E-state index contributed by atoms with van der Waals surface area (Å²) in [4.78, 5) is 28.8. The van der Waals surface area contributed by atoms with Crippen LogP contribution in [0.1, 0.15) is 68.2 Å². The van der Waals surface area contributed by atoms with Crippen LogP contribution in [0, 0.1) is 5.92 Å². The van der Waals surface area contributed by atoms with Crippen LogP contribution in [-0.4, -0.2) is 46.6 Å². The molecule has 7 nitrogen and oxygen atoms in total. The van der Waals surface area contributed by atoms with Crippen molar-refractivity contribution in [1.29, 1.82) is 0 Å². The number of carboxylic acid groups (broad SMARTS) is 1. The van der Waals surface area contributed by atoms with Gasteiger partial charge in [-0.15, -0.1) is 13.2 Å². The molecule has 2 heterocycles. The zero-order valence-corrected chi connectivity index (χ0v) is 20.6. The highest BCUT2D eigenvalue weighted by Crippen LogP contribution is 2.56. The van der Waals surface area contributed by atoms with Crippen LogP contribution in [0.2, 0.25) is 0 Å². The smallest absolute Gasteiger partial charge is 0.481 e. The molecule has 6 rings (SSSR count). The Kier molecular flexibility index (Phi) is 6.25. The van der Waals surface area contributed by atoms with Crippen molar-refractivity contribution in [2.45, 2.75) is 81.8 Å². The van der Waals surface area contributed by atoms with Gasteiger partial charge in [0.15, 0.2) is 6.23 Å². The minimum Gasteiger partial charge on any atom is -0.481 e. The number of ether oxygens (including phenoxy) is 2. The highest BCUT2D eigenvalue weighted by Gasteiger charge is 2.56. The molecule has 1 saturated heterocycles. The first-order valence-corrected chi connectivity index (χ1v) is 13.1. The molecule has 4 aliphatic rings. The zero-order chi connectivity index (χ0) is 26.6. The summed E-state index contributed by atoms with van der Waals surface area (Å²) in [5.74, 6) is -1.16. The van der Waals surface area contributed by atoms with E-state index in [0.717, 1.165) is 48.9 Å². The first-order chi connectivity index (χ1) is 18.2. The molecule has 1 N–H and O–H groups in total. The van der Waals surface area contributed by atoms with Gasteiger partial charge in [-0.3, -0.25) is 9.59 Å². The minimum absolute atomic E-state index is 0.00649. The van der Waals surface area contributed by atoms with Crippen LogP contribution in [0.3, 0.4) is 0 Å². The number of aliphatic carboxylic acids is 1. The summed E-state index contributed by atoms with van der Waals surface area (Å²) in [7, 11) is 0. The van der Waals surface area contributed by atoms with Gasteiger partial charge in [-0.25, -0.2) is 0 Å². The molecule has 0 aromatic heterocycles. The predicted molar refractivity (Wildman–Crippen MR) is 130 cm³/mol. The molecule has 1 amide bonds. The Labute approximate surface area is 218 Å². The van der Waals surface area contributed by atoms with E-state index in [1.54, 1.807) is 12.1 Å². The molecule has 2 aromatic carbocycles. The van der Waals surface area contributed by atoms with Crippen molar-refractivity contribution in [3.8, 4) is 5.75 Å². The van der Waals surface area contributed by atoms with Crippen molar-refractivity contribution in [2.75, 3.05) is 4.90 Å². The first kappa shape index (κ1) is 25.0. The van der Waals surface area contributed by atoms with Gasteiger partial charge in [0.1, 0.15) is 11.9 Å². The van der Waals surface area contributed by atoms with E-state index in [9.17, 15) is 22.8 Å². The largest absolute Gasteiger partial charge is 0.573 e. The maximum atomic E-state index is 13.3. The Morgan fingerprint density at radius 1 is 1.03 bits per heavy atom. The van der Waals surface area contributed by atoms with Gasteiger partial charge in [-0.2, -0.15) is 0 Å². The highest BCUT2D eigenvalue weighted by atomic mass is 19.4. The summed E-state index contributed by atoms with van der Waals surface area (Å²) in [5.41, 5.74) is 2.83. The van der Waals surface area contributed by atoms with Gasteiger partial charge in [-0.05, 0) is 55.0 Å². The number of carboxylic acids is 1. The number of benzene rings is 2. The van der Waals surface area contributed by atoms with Gasteiger partial charge in [0.05, 0.1) is 12.5 Å². The number of halogens is 3. The first-order valence-electron chi connectivity index (χ1n) is 13.1. The lowest BCUT2D eigenvalue weighted by Gasteiger charge is -2.48. The van der Waals surface area contributed by atoms with Gasteiger partial charge in [0.2, 0.25) is 5.91 Å². The van der Waals surface area contributed by atoms with Crippen molar-refractivity contribution in [3.63, 3.8) is 0 Å². The summed E-state index contributed by atoms with van der Waals surface area (Å²) in [5, 5.41) is 9.15. The fourth-order valence-electron chi connectivity index (χ4n) is 6.45. The molecule has 2 aromatic rings. The number of epoxide rings is 1. The van der Waals surface area contributed by atoms with E-state index < -0.39 is 12.3 Å². The summed E-state index contributed by atoms with van der Waals surface area (Å²) in [6, 6.07) is 14.0. The normalized spacial score (nSPS) is 27.9. The number of amides is 1. The Morgan fingerprint density at radius 3 is 2.45 bits per heavy atom. The van der Waals surface area contributed by atoms with Gasteiger partial charge < -0.3 is 24.4 Å². The Morgan fingerprint density at radius 2 is 1.76 bits per heavy atom. The van der Waals surface area contributed by atoms with E-state index in [0.29, 0.717) is 0 Å². The number of nitrogens with zero attached hydrogens (tertiary/aromatic N) is 2. The second-order valence-corrected chi connectivity index (χ2v) is 10.6. The maximum Gasteiger partial charge on any atom is 0.573 e. The number of hydrogen-bond acceptors (Lipinski definition) is 5. The van der Waals surface area contributed by atoms with Crippen LogP contribution in [0.5, 0.6) is 5.75 Å². The summed E-state index contributed by atoms with van der Waals surface area (Å²) in [6.45, 7) is 0. The van der Waals surface area contributed by atoms with E-state index in [4.69, 9.17) is 9.84 Å². The molecule has 38 heavy (non-hydrogen) atoms. The molecule has 0 spiro atoms. The van der Waals surface area contributed by atoms with E-state index in [1.165, 1.54) is 12.1 Å². The summed E-state index contributed by atoms with van der Waals surface area (Å²) >= 11 is 0. The molecule has 5 unspecified atom stereocenters. The van der Waals surface area contributed by atoms with Crippen LogP contribution in [-0.2, 0) is 14.3 Å². The number of fused-ring (bicyclic) bond motifs is 2. The number of rotatable bonds is 8. The van der Waals surface area contributed by atoms with Gasteiger partial charge >= 0.3 is 12.3 Å². The SMILES string of the molecule is O=C(O)CCC(=O)N(C1CC1)C1c2ccccc2N(C2OC2c2ccc(OC(F)(F)F)cc2)C2CCCC12. The fraction of sp³-hybridized carbons (Fsp3) is 0.500. The molecule has 2 aliphatic heterocycles. The van der Waals surface area contributed by atoms with E-state index in [1.807, 2.05) is 23.1 Å². The molecular formula is C28H29F3N2O5. The fourth-order valence-corrected chi connectivity index (χ4v) is 6.45. The van der Waals surface area contributed by atoms with Crippen molar-refractivity contribution < 1.29 is 37.3 Å². The molecule has 3 fully saturated rings. The quantitative estimate of drug-likeness (QED) is 0.450. The van der Waals surface area contributed by atoms with E-state index >= 15 is 0 Å². The monoisotopic (exact) mass is 530 g/mol. The molecule has 10 heteroatoms. The third-order valence-electron chi connectivity index (χ3n) is 8.09. The summed E-state index contributed by atoms with van der Waals surface area (Å²) < 4.78 is 47.8. The number of anilines is 1. The highest BCUT2D eigenvalue weighted by molar-refractivity contribution is 5.82. The number of para-hydroxylation sites is 1. The van der Waals surface area contributed by atoms with Crippen LogP contribution in [0.25, 0.3) is 0 Å². The second kappa shape index (κ2) is 9.48. The molecule has 202 valence electrons. The Bertz CT molecular complexity index is 1220. The topological polar surface area (TPSA) is 82.6 Å². The third kappa shape index (κ3) is 4.81. The molecule has 0 bridgehead atoms. The maximum absolute atomic E-state index is 13.3. The minimum atomic E-state index is -4.74. The van der Waals surface area contributed by atoms with Gasteiger partial charge in [0, 0.05) is 30.1 Å². The van der Waals surface area contributed by atoms with Crippen LogP contribution >= 0.6 is 0 Å². The zero-order valence-electron chi connectivity index (χ0n) is 20.6. The Hall–Kier alpha value is -3.27. The number of alkyl halides is 3. The van der Waals surface area contributed by atoms with Crippen LogP contribution in [0.15, 0.2) is 48.5 Å². The molecule has 2 aliphatic carbocycles. The standard InChI is InChI=1S/C28H29F3N2O5/c29-28(30,31)38-18-12-8-16(9-13-18)26-27(37-26)33-21-6-2-1-4-19(21)25(20-5-3-7-22(20)33)32(17-10-11-17)23(34)14-15-24(35)36/h1-2,4,6,8-9,12-13,17,20,22,25-27H,3,5,7,10-11,14-15H2,(H,35,36). The lowest BCUT2D eigenvalue weighted by Crippen LogP contribution is -2.52. The lowest BCUT2D eigenvalue weighted by molar-refractivity contribution is -0.274. The van der Waals surface area contributed by atoms with Crippen LogP contribution < -0.4 is 9.64 Å². The van der Waals surface area contributed by atoms with E-state index in [-0.39, 0.29) is 60.9 Å². The van der Waals surface area contributed by atoms with Crippen LogP contribution in [0.4, 0.5) is 18.9 Å². The third-order valence-corrected chi connectivity index (χ3v) is 8.09. The second-order valence-electron chi connectivity index (χ2n) is 10.6. The van der Waals surface area contributed by atoms with Crippen molar-refractivity contribution in [3.05, 3.63) is 59.7 Å². The van der Waals surface area contributed by atoms with Gasteiger partial charge in [0.25, 0.3) is 0 Å². The number of carbonyl (C=O) groups is 2. The lowest BCUT2D eigenvalue weighted by atomic mass is 9.81. The Balaban J connectivity index is 1.28. The number of carbonyl (C=O) groups excluding carboxylic acids is 1. The van der Waals surface area contributed by atoms with Gasteiger partial charge in [-0.1, -0.05) is 36.8 Å². The summed E-state index contributed by atoms with van der Waals surface area (Å²) in [6.07, 6.45) is -0.686. The average molecular weight is 531 g/mol. The van der Waals surface area contributed by atoms with Crippen molar-refractivity contribution >= 4 is 17.6 Å². The molecular weight excluding hydrogens is 501 g/mol. The van der Waals surface area contributed by atoms with E-state index in [2.05, 4.69) is 15.7 Å². The molecule has 5 atom stereocenters. The predicted octanol–water partition coefficient (Wildman–Crippen LogP) is 5.57. The van der Waals surface area contributed by atoms with Crippen molar-refractivity contribution in [1.82, 2.24) is 4.90 Å². The molecule has 2 saturated carbocycles. The number of hydrogen-bond donors (Lipinski definition) is 1. The molecule has 0 radical (unpaired) electrons.